The van der Waals surface area contributed by atoms with Gasteiger partial charge in [0.25, 0.3) is 0 Å². The van der Waals surface area contributed by atoms with E-state index in [1.165, 1.54) is 31.3 Å². The molecule has 2 unspecified atom stereocenters. The minimum atomic E-state index is 0.686. The van der Waals surface area contributed by atoms with Crippen LogP contribution >= 0.6 is 0 Å². The molecule has 0 spiro atoms. The quantitative estimate of drug-likeness (QED) is 0.697. The number of rotatable bonds is 4. The van der Waals surface area contributed by atoms with Gasteiger partial charge in [-0.3, -0.25) is 4.90 Å². The van der Waals surface area contributed by atoms with E-state index in [0.29, 0.717) is 12.0 Å². The van der Waals surface area contributed by atoms with Crippen molar-refractivity contribution in [3.8, 4) is 0 Å². The molecule has 2 atom stereocenters. The topological polar surface area (TPSA) is 29.3 Å². The predicted molar refractivity (Wildman–Crippen MR) is 62.2 cm³/mol. The third kappa shape index (κ3) is 3.10. The number of hydrogen-bond donors (Lipinski definition) is 1. The summed E-state index contributed by atoms with van der Waals surface area (Å²) in [6.07, 6.45) is 5.34. The maximum absolute atomic E-state index is 5.81. The van der Waals surface area contributed by atoms with Crippen molar-refractivity contribution >= 4 is 0 Å². The standard InChI is InChI=1S/C12H24N2/c1-10(2)9-14(3)12-7-5-4-6-11(12)8-13/h11-12H,1,4-9,13H2,2-3H3. The molecule has 2 heteroatoms. The fourth-order valence-corrected chi connectivity index (χ4v) is 2.59. The highest BCUT2D eigenvalue weighted by Crippen LogP contribution is 2.27. The Morgan fingerprint density at radius 2 is 2.07 bits per heavy atom. The molecule has 2 nitrogen and oxygen atoms in total. The fourth-order valence-electron chi connectivity index (χ4n) is 2.59. The van der Waals surface area contributed by atoms with Crippen molar-refractivity contribution < 1.29 is 0 Å². The van der Waals surface area contributed by atoms with E-state index in [1.54, 1.807) is 0 Å². The van der Waals surface area contributed by atoms with Crippen molar-refractivity contribution in [1.82, 2.24) is 4.90 Å². The molecule has 0 saturated heterocycles. The van der Waals surface area contributed by atoms with E-state index in [-0.39, 0.29) is 0 Å². The molecule has 0 heterocycles. The Hall–Kier alpha value is -0.340. The first kappa shape index (κ1) is 11.7. The van der Waals surface area contributed by atoms with Crippen molar-refractivity contribution in [3.63, 3.8) is 0 Å². The monoisotopic (exact) mass is 196 g/mol. The van der Waals surface area contributed by atoms with Crippen molar-refractivity contribution in [2.45, 2.75) is 38.6 Å². The number of nitrogens with two attached hydrogens (primary N) is 1. The second kappa shape index (κ2) is 5.52. The third-order valence-electron chi connectivity index (χ3n) is 3.26. The summed E-state index contributed by atoms with van der Waals surface area (Å²) in [6, 6.07) is 0.686. The van der Waals surface area contributed by atoms with Gasteiger partial charge in [0.15, 0.2) is 0 Å². The van der Waals surface area contributed by atoms with Crippen LogP contribution in [0.5, 0.6) is 0 Å². The molecule has 1 aliphatic rings. The lowest BCUT2D eigenvalue weighted by Gasteiger charge is -2.37. The van der Waals surface area contributed by atoms with E-state index in [9.17, 15) is 0 Å². The van der Waals surface area contributed by atoms with Gasteiger partial charge in [0.1, 0.15) is 0 Å². The van der Waals surface area contributed by atoms with Crippen molar-refractivity contribution in [1.29, 1.82) is 0 Å². The summed E-state index contributed by atoms with van der Waals surface area (Å²) >= 11 is 0. The molecule has 0 aromatic rings. The zero-order valence-electron chi connectivity index (χ0n) is 9.63. The molecule has 1 rings (SSSR count). The van der Waals surface area contributed by atoms with Crippen LogP contribution in [0.2, 0.25) is 0 Å². The summed E-state index contributed by atoms with van der Waals surface area (Å²) < 4.78 is 0. The molecule has 1 saturated carbocycles. The van der Waals surface area contributed by atoms with Crippen molar-refractivity contribution in [2.24, 2.45) is 11.7 Å². The highest BCUT2D eigenvalue weighted by Gasteiger charge is 2.26. The van der Waals surface area contributed by atoms with Gasteiger partial charge in [-0.1, -0.05) is 25.0 Å². The summed E-state index contributed by atoms with van der Waals surface area (Å²) in [5.41, 5.74) is 7.06. The van der Waals surface area contributed by atoms with Gasteiger partial charge in [-0.05, 0) is 39.3 Å². The second-order valence-corrected chi connectivity index (χ2v) is 4.72. The van der Waals surface area contributed by atoms with E-state index in [0.717, 1.165) is 13.1 Å². The molecule has 2 N–H and O–H groups in total. The van der Waals surface area contributed by atoms with Crippen LogP contribution in [0.1, 0.15) is 32.6 Å². The highest BCUT2D eigenvalue weighted by atomic mass is 15.1. The van der Waals surface area contributed by atoms with E-state index in [4.69, 9.17) is 5.73 Å². The highest BCUT2D eigenvalue weighted by molar-refractivity contribution is 4.94. The molecule has 14 heavy (non-hydrogen) atoms. The van der Waals surface area contributed by atoms with Crippen molar-refractivity contribution in [3.05, 3.63) is 12.2 Å². The van der Waals surface area contributed by atoms with E-state index in [1.807, 2.05) is 0 Å². The molecule has 0 aromatic carbocycles. The third-order valence-corrected chi connectivity index (χ3v) is 3.26. The predicted octanol–water partition coefficient (Wildman–Crippen LogP) is 2.01. The van der Waals surface area contributed by atoms with Gasteiger partial charge in [0.2, 0.25) is 0 Å². The smallest absolute Gasteiger partial charge is 0.0187 e. The maximum atomic E-state index is 5.81. The SMILES string of the molecule is C=C(C)CN(C)C1CCCCC1CN. The van der Waals surface area contributed by atoms with Gasteiger partial charge in [0.05, 0.1) is 0 Å². The Morgan fingerprint density at radius 3 is 2.64 bits per heavy atom. The minimum Gasteiger partial charge on any atom is -0.330 e. The molecular formula is C12H24N2. The molecular weight excluding hydrogens is 172 g/mol. The normalized spacial score (nSPS) is 28.0. The lowest BCUT2D eigenvalue weighted by Crippen LogP contribution is -2.43. The van der Waals surface area contributed by atoms with Crippen LogP contribution < -0.4 is 5.73 Å². The van der Waals surface area contributed by atoms with Gasteiger partial charge in [-0.15, -0.1) is 0 Å². The average molecular weight is 196 g/mol. The van der Waals surface area contributed by atoms with Gasteiger partial charge < -0.3 is 5.73 Å². The van der Waals surface area contributed by atoms with Crippen molar-refractivity contribution in [2.75, 3.05) is 20.1 Å². The number of likely N-dealkylation sites (N-methyl/N-ethyl adjacent to an activating group) is 1. The average Bonchev–Trinajstić information content (AvgIpc) is 2.16. The fraction of sp³-hybridized carbons (Fsp3) is 0.833. The second-order valence-electron chi connectivity index (χ2n) is 4.72. The molecule has 82 valence electrons. The summed E-state index contributed by atoms with van der Waals surface area (Å²) in [4.78, 5) is 2.43. The first-order valence-corrected chi connectivity index (χ1v) is 5.70. The summed E-state index contributed by atoms with van der Waals surface area (Å²) in [6.45, 7) is 7.92. The van der Waals surface area contributed by atoms with Crippen LogP contribution in [0.25, 0.3) is 0 Å². The minimum absolute atomic E-state index is 0.686. The Morgan fingerprint density at radius 1 is 1.43 bits per heavy atom. The summed E-state index contributed by atoms with van der Waals surface area (Å²) in [5.74, 6) is 0.702. The van der Waals surface area contributed by atoms with Gasteiger partial charge in [-0.25, -0.2) is 0 Å². The first-order chi connectivity index (χ1) is 6.65. The zero-order chi connectivity index (χ0) is 10.6. The molecule has 0 amide bonds. The molecule has 0 bridgehead atoms. The van der Waals surface area contributed by atoms with Crippen LogP contribution in [0.15, 0.2) is 12.2 Å². The Kier molecular flexibility index (Phi) is 4.63. The molecule has 1 aliphatic carbocycles. The van der Waals surface area contributed by atoms with Crippen LogP contribution in [0.3, 0.4) is 0 Å². The van der Waals surface area contributed by atoms with Crippen LogP contribution in [-0.4, -0.2) is 31.1 Å². The lowest BCUT2D eigenvalue weighted by atomic mass is 9.83. The zero-order valence-corrected chi connectivity index (χ0v) is 9.63. The largest absolute Gasteiger partial charge is 0.330 e. The summed E-state index contributed by atoms with van der Waals surface area (Å²) in [7, 11) is 2.20. The first-order valence-electron chi connectivity index (χ1n) is 5.70. The number of hydrogen-bond acceptors (Lipinski definition) is 2. The molecule has 0 aliphatic heterocycles. The Balaban J connectivity index is 2.49. The Labute approximate surface area is 88.2 Å². The lowest BCUT2D eigenvalue weighted by molar-refractivity contribution is 0.143. The molecule has 1 fully saturated rings. The van der Waals surface area contributed by atoms with Gasteiger partial charge >= 0.3 is 0 Å². The van der Waals surface area contributed by atoms with Crippen LogP contribution in [-0.2, 0) is 0 Å². The van der Waals surface area contributed by atoms with Gasteiger partial charge in [-0.2, -0.15) is 0 Å². The van der Waals surface area contributed by atoms with E-state index >= 15 is 0 Å². The Bertz CT molecular complexity index is 189. The maximum Gasteiger partial charge on any atom is 0.0187 e. The van der Waals surface area contributed by atoms with E-state index < -0.39 is 0 Å². The molecule has 0 aromatic heterocycles. The van der Waals surface area contributed by atoms with Crippen LogP contribution in [0.4, 0.5) is 0 Å². The summed E-state index contributed by atoms with van der Waals surface area (Å²) in [5, 5.41) is 0. The molecule has 0 radical (unpaired) electrons. The van der Waals surface area contributed by atoms with Crippen LogP contribution in [0, 0.1) is 5.92 Å². The van der Waals surface area contributed by atoms with E-state index in [2.05, 4.69) is 25.5 Å². The number of nitrogens with zero attached hydrogens (tertiary/aromatic N) is 1. The van der Waals surface area contributed by atoms with Gasteiger partial charge in [0, 0.05) is 12.6 Å².